The van der Waals surface area contributed by atoms with Gasteiger partial charge in [0.2, 0.25) is 17.7 Å². The van der Waals surface area contributed by atoms with Gasteiger partial charge in [-0.2, -0.15) is 11.8 Å². The summed E-state index contributed by atoms with van der Waals surface area (Å²) in [4.78, 5) is 69.7. The van der Waals surface area contributed by atoms with Crippen LogP contribution in [0.4, 0.5) is 0 Å². The molecular formula is C18H30N4O9S. The maximum atomic E-state index is 12.5. The van der Waals surface area contributed by atoms with E-state index in [1.54, 1.807) is 6.26 Å². The maximum absolute atomic E-state index is 12.5. The SMILES string of the molecule is CSCCC(NC(=O)C(C)NC(=O)C(CCC(=O)O)NC(=O)C(N)CCC(=O)O)C(=O)O. The maximum Gasteiger partial charge on any atom is 0.326 e. The van der Waals surface area contributed by atoms with E-state index in [2.05, 4.69) is 16.0 Å². The summed E-state index contributed by atoms with van der Waals surface area (Å²) in [5.41, 5.74) is 5.60. The normalized spacial score (nSPS) is 14.3. The van der Waals surface area contributed by atoms with Gasteiger partial charge in [0.05, 0.1) is 6.04 Å². The van der Waals surface area contributed by atoms with Crippen LogP contribution in [-0.4, -0.2) is 87.1 Å². The molecule has 14 heteroatoms. The molecule has 0 aromatic carbocycles. The van der Waals surface area contributed by atoms with E-state index in [4.69, 9.17) is 15.9 Å². The zero-order chi connectivity index (χ0) is 24.8. The second kappa shape index (κ2) is 15.0. The summed E-state index contributed by atoms with van der Waals surface area (Å²) in [5, 5.41) is 33.6. The first-order valence-electron chi connectivity index (χ1n) is 9.71. The van der Waals surface area contributed by atoms with Crippen LogP contribution in [0.2, 0.25) is 0 Å². The first kappa shape index (κ1) is 29.1. The first-order chi connectivity index (χ1) is 14.9. The number of hydrogen-bond donors (Lipinski definition) is 7. The Hall–Kier alpha value is -2.87. The minimum atomic E-state index is -1.35. The Kier molecular flexibility index (Phi) is 13.7. The van der Waals surface area contributed by atoms with Gasteiger partial charge in [-0.25, -0.2) is 4.79 Å². The Balaban J connectivity index is 5.08. The molecule has 0 radical (unpaired) electrons. The van der Waals surface area contributed by atoms with E-state index in [1.165, 1.54) is 18.7 Å². The average molecular weight is 479 g/mol. The number of rotatable bonds is 16. The van der Waals surface area contributed by atoms with Crippen molar-refractivity contribution in [3.8, 4) is 0 Å². The zero-order valence-corrected chi connectivity index (χ0v) is 18.6. The number of carboxylic acids is 3. The van der Waals surface area contributed by atoms with Gasteiger partial charge in [0.1, 0.15) is 18.1 Å². The number of aliphatic carboxylic acids is 3. The van der Waals surface area contributed by atoms with Crippen LogP contribution in [0.25, 0.3) is 0 Å². The van der Waals surface area contributed by atoms with Crippen LogP contribution in [0.3, 0.4) is 0 Å². The van der Waals surface area contributed by atoms with Gasteiger partial charge in [-0.05, 0) is 38.2 Å². The Morgan fingerprint density at radius 1 is 0.781 bits per heavy atom. The van der Waals surface area contributed by atoms with E-state index < -0.39 is 66.2 Å². The monoisotopic (exact) mass is 478 g/mol. The molecule has 0 heterocycles. The molecule has 0 fully saturated rings. The summed E-state index contributed by atoms with van der Waals surface area (Å²) >= 11 is 1.40. The molecule has 0 aromatic heterocycles. The molecule has 0 spiro atoms. The van der Waals surface area contributed by atoms with E-state index in [0.29, 0.717) is 5.75 Å². The molecule has 32 heavy (non-hydrogen) atoms. The first-order valence-corrected chi connectivity index (χ1v) is 11.1. The largest absolute Gasteiger partial charge is 0.481 e. The van der Waals surface area contributed by atoms with Crippen LogP contribution < -0.4 is 21.7 Å². The van der Waals surface area contributed by atoms with Gasteiger partial charge in [0, 0.05) is 12.8 Å². The van der Waals surface area contributed by atoms with Crippen molar-refractivity contribution in [2.75, 3.05) is 12.0 Å². The quantitative estimate of drug-likeness (QED) is 0.133. The van der Waals surface area contributed by atoms with E-state index in [1.807, 2.05) is 0 Å². The van der Waals surface area contributed by atoms with E-state index in [0.717, 1.165) is 0 Å². The predicted molar refractivity (Wildman–Crippen MR) is 114 cm³/mol. The fourth-order valence-electron chi connectivity index (χ4n) is 2.39. The molecule has 13 nitrogen and oxygen atoms in total. The third-order valence-electron chi connectivity index (χ3n) is 4.26. The minimum Gasteiger partial charge on any atom is -0.481 e. The smallest absolute Gasteiger partial charge is 0.326 e. The average Bonchev–Trinajstić information content (AvgIpc) is 2.71. The number of carboxylic acid groups (broad SMARTS) is 3. The summed E-state index contributed by atoms with van der Waals surface area (Å²) in [6.07, 6.45) is 0.605. The summed E-state index contributed by atoms with van der Waals surface area (Å²) in [6.45, 7) is 1.30. The topological polar surface area (TPSA) is 225 Å². The number of carbonyl (C=O) groups is 6. The summed E-state index contributed by atoms with van der Waals surface area (Å²) < 4.78 is 0. The van der Waals surface area contributed by atoms with Crippen LogP contribution in [0, 0.1) is 0 Å². The zero-order valence-electron chi connectivity index (χ0n) is 17.8. The van der Waals surface area contributed by atoms with Crippen LogP contribution in [-0.2, 0) is 28.8 Å². The van der Waals surface area contributed by atoms with Crippen LogP contribution in [0.5, 0.6) is 0 Å². The Bertz CT molecular complexity index is 704. The van der Waals surface area contributed by atoms with E-state index in [-0.39, 0.29) is 25.7 Å². The molecule has 182 valence electrons. The molecule has 8 N–H and O–H groups in total. The van der Waals surface area contributed by atoms with Crippen LogP contribution >= 0.6 is 11.8 Å². The molecular weight excluding hydrogens is 448 g/mol. The molecule has 0 aliphatic rings. The lowest BCUT2D eigenvalue weighted by molar-refractivity contribution is -0.142. The van der Waals surface area contributed by atoms with Crippen molar-refractivity contribution in [3.63, 3.8) is 0 Å². The van der Waals surface area contributed by atoms with Gasteiger partial charge in [0.25, 0.3) is 0 Å². The fourth-order valence-corrected chi connectivity index (χ4v) is 2.87. The standard InChI is InChI=1S/C18H30N4O9S/c1-9(15(27)22-12(18(30)31)7-8-32-2)20-17(29)11(4-6-14(25)26)21-16(28)10(19)3-5-13(23)24/h9-12H,3-8,19H2,1-2H3,(H,20,29)(H,21,28)(H,22,27)(H,23,24)(H,25,26)(H,30,31). The molecule has 0 bridgehead atoms. The van der Waals surface area contributed by atoms with Crippen molar-refractivity contribution in [1.82, 2.24) is 16.0 Å². The molecule has 0 aromatic rings. The Morgan fingerprint density at radius 2 is 1.31 bits per heavy atom. The van der Waals surface area contributed by atoms with Gasteiger partial charge in [-0.15, -0.1) is 0 Å². The molecule has 0 aliphatic heterocycles. The second-order valence-electron chi connectivity index (χ2n) is 6.94. The highest BCUT2D eigenvalue weighted by Gasteiger charge is 2.28. The van der Waals surface area contributed by atoms with E-state index >= 15 is 0 Å². The number of amides is 3. The third kappa shape index (κ3) is 12.1. The van der Waals surface area contributed by atoms with Gasteiger partial charge in [-0.1, -0.05) is 0 Å². The van der Waals surface area contributed by atoms with Crippen molar-refractivity contribution in [3.05, 3.63) is 0 Å². The molecule has 3 amide bonds. The number of hydrogen-bond acceptors (Lipinski definition) is 8. The predicted octanol–water partition coefficient (Wildman–Crippen LogP) is -1.64. The number of carbonyl (C=O) groups excluding carboxylic acids is 3. The molecule has 0 aliphatic carbocycles. The van der Waals surface area contributed by atoms with Crippen molar-refractivity contribution < 1.29 is 44.1 Å². The number of nitrogens with one attached hydrogen (secondary N) is 3. The lowest BCUT2D eigenvalue weighted by Crippen LogP contribution is -2.56. The molecule has 0 saturated heterocycles. The number of thioether (sulfide) groups is 1. The highest BCUT2D eigenvalue weighted by atomic mass is 32.2. The molecule has 0 rings (SSSR count). The van der Waals surface area contributed by atoms with Crippen molar-refractivity contribution in [1.29, 1.82) is 0 Å². The summed E-state index contributed by atoms with van der Waals surface area (Å²) in [5.74, 6) is -5.62. The van der Waals surface area contributed by atoms with Crippen LogP contribution in [0.1, 0.15) is 39.0 Å². The highest BCUT2D eigenvalue weighted by molar-refractivity contribution is 7.98. The van der Waals surface area contributed by atoms with Gasteiger partial charge >= 0.3 is 17.9 Å². The van der Waals surface area contributed by atoms with E-state index in [9.17, 15) is 33.9 Å². The second-order valence-corrected chi connectivity index (χ2v) is 7.93. The number of nitrogens with two attached hydrogens (primary N) is 1. The third-order valence-corrected chi connectivity index (χ3v) is 4.91. The Morgan fingerprint density at radius 3 is 1.81 bits per heavy atom. The minimum absolute atomic E-state index is 0.175. The Labute approximate surface area is 188 Å². The van der Waals surface area contributed by atoms with Crippen LogP contribution in [0.15, 0.2) is 0 Å². The van der Waals surface area contributed by atoms with Gasteiger partial charge in [0.15, 0.2) is 0 Å². The van der Waals surface area contributed by atoms with Gasteiger partial charge in [-0.3, -0.25) is 24.0 Å². The van der Waals surface area contributed by atoms with Crippen molar-refractivity contribution >= 4 is 47.4 Å². The fraction of sp³-hybridized carbons (Fsp3) is 0.667. The lowest BCUT2D eigenvalue weighted by Gasteiger charge is -2.23. The lowest BCUT2D eigenvalue weighted by atomic mass is 10.1. The molecule has 4 atom stereocenters. The highest BCUT2D eigenvalue weighted by Crippen LogP contribution is 2.04. The van der Waals surface area contributed by atoms with Gasteiger partial charge < -0.3 is 37.0 Å². The molecule has 4 unspecified atom stereocenters. The van der Waals surface area contributed by atoms with Crippen molar-refractivity contribution in [2.45, 2.75) is 63.2 Å². The van der Waals surface area contributed by atoms with Crippen molar-refractivity contribution in [2.24, 2.45) is 5.73 Å². The summed E-state index contributed by atoms with van der Waals surface area (Å²) in [7, 11) is 0. The molecule has 0 saturated carbocycles. The summed E-state index contributed by atoms with van der Waals surface area (Å²) in [6, 6.07) is -4.91.